The van der Waals surface area contributed by atoms with Crippen LogP contribution < -0.4 is 10.5 Å². The SMILES string of the molecule is CCCn1nccc1C(=O)c1ccc(OC)cc1N. The summed E-state index contributed by atoms with van der Waals surface area (Å²) in [5, 5.41) is 4.15. The summed E-state index contributed by atoms with van der Waals surface area (Å²) >= 11 is 0. The Morgan fingerprint density at radius 2 is 2.21 bits per heavy atom. The first-order valence-electron chi connectivity index (χ1n) is 6.17. The molecule has 0 aliphatic carbocycles. The number of methoxy groups -OCH3 is 1. The molecule has 0 bridgehead atoms. The summed E-state index contributed by atoms with van der Waals surface area (Å²) in [7, 11) is 1.56. The second-order valence-electron chi connectivity index (χ2n) is 4.22. The fraction of sp³-hybridized carbons (Fsp3) is 0.286. The maximum Gasteiger partial charge on any atom is 0.213 e. The van der Waals surface area contributed by atoms with Crippen LogP contribution in [-0.2, 0) is 6.54 Å². The number of carbonyl (C=O) groups is 1. The first-order chi connectivity index (χ1) is 9.17. The zero-order chi connectivity index (χ0) is 13.8. The largest absolute Gasteiger partial charge is 0.497 e. The van der Waals surface area contributed by atoms with Gasteiger partial charge in [0, 0.05) is 30.1 Å². The van der Waals surface area contributed by atoms with Gasteiger partial charge in [0.05, 0.1) is 7.11 Å². The van der Waals surface area contributed by atoms with E-state index in [0.717, 1.165) is 6.42 Å². The molecule has 0 saturated heterocycles. The Morgan fingerprint density at radius 3 is 2.84 bits per heavy atom. The zero-order valence-electron chi connectivity index (χ0n) is 11.1. The van der Waals surface area contributed by atoms with Gasteiger partial charge in [0.1, 0.15) is 11.4 Å². The molecule has 100 valence electrons. The van der Waals surface area contributed by atoms with E-state index in [-0.39, 0.29) is 5.78 Å². The molecule has 5 heteroatoms. The summed E-state index contributed by atoms with van der Waals surface area (Å²) in [6.07, 6.45) is 2.54. The maximum atomic E-state index is 12.4. The molecule has 2 rings (SSSR count). The molecule has 0 spiro atoms. The van der Waals surface area contributed by atoms with Crippen molar-refractivity contribution in [2.45, 2.75) is 19.9 Å². The third-order valence-electron chi connectivity index (χ3n) is 2.89. The molecular weight excluding hydrogens is 242 g/mol. The summed E-state index contributed by atoms with van der Waals surface area (Å²) in [5.74, 6) is 0.516. The van der Waals surface area contributed by atoms with Crippen LogP contribution in [0, 0.1) is 0 Å². The van der Waals surface area contributed by atoms with Crippen LogP contribution in [0.1, 0.15) is 29.4 Å². The highest BCUT2D eigenvalue weighted by Crippen LogP contribution is 2.22. The maximum absolute atomic E-state index is 12.4. The van der Waals surface area contributed by atoms with Gasteiger partial charge in [0.25, 0.3) is 0 Å². The lowest BCUT2D eigenvalue weighted by molar-refractivity contribution is 0.102. The lowest BCUT2D eigenvalue weighted by atomic mass is 10.1. The second-order valence-corrected chi connectivity index (χ2v) is 4.22. The van der Waals surface area contributed by atoms with Gasteiger partial charge < -0.3 is 10.5 Å². The summed E-state index contributed by atoms with van der Waals surface area (Å²) < 4.78 is 6.77. The molecule has 1 aromatic heterocycles. The van der Waals surface area contributed by atoms with E-state index in [0.29, 0.717) is 29.2 Å². The van der Waals surface area contributed by atoms with Crippen molar-refractivity contribution in [3.05, 3.63) is 41.7 Å². The number of benzene rings is 1. The van der Waals surface area contributed by atoms with Crippen molar-refractivity contribution in [3.63, 3.8) is 0 Å². The fourth-order valence-electron chi connectivity index (χ4n) is 1.93. The molecule has 2 aromatic rings. The van der Waals surface area contributed by atoms with Gasteiger partial charge in [0.15, 0.2) is 0 Å². The van der Waals surface area contributed by atoms with Crippen LogP contribution in [0.2, 0.25) is 0 Å². The van der Waals surface area contributed by atoms with E-state index in [4.69, 9.17) is 10.5 Å². The van der Waals surface area contributed by atoms with E-state index in [1.165, 1.54) is 0 Å². The van der Waals surface area contributed by atoms with E-state index in [2.05, 4.69) is 5.10 Å². The third kappa shape index (κ3) is 2.59. The van der Waals surface area contributed by atoms with Crippen molar-refractivity contribution in [1.29, 1.82) is 0 Å². The number of nitrogens with zero attached hydrogens (tertiary/aromatic N) is 2. The van der Waals surface area contributed by atoms with Crippen LogP contribution >= 0.6 is 0 Å². The summed E-state index contributed by atoms with van der Waals surface area (Å²) in [6, 6.07) is 6.76. The van der Waals surface area contributed by atoms with Crippen molar-refractivity contribution in [1.82, 2.24) is 9.78 Å². The molecule has 1 heterocycles. The third-order valence-corrected chi connectivity index (χ3v) is 2.89. The van der Waals surface area contributed by atoms with Gasteiger partial charge in [-0.25, -0.2) is 0 Å². The number of hydrogen-bond donors (Lipinski definition) is 1. The lowest BCUT2D eigenvalue weighted by Crippen LogP contribution is -2.13. The predicted octanol–water partition coefficient (Wildman–Crippen LogP) is 2.11. The monoisotopic (exact) mass is 259 g/mol. The number of aromatic nitrogens is 2. The van der Waals surface area contributed by atoms with E-state index < -0.39 is 0 Å². The molecule has 2 N–H and O–H groups in total. The average Bonchev–Trinajstić information content (AvgIpc) is 2.86. The molecule has 0 atom stereocenters. The first kappa shape index (κ1) is 13.1. The van der Waals surface area contributed by atoms with Crippen LogP contribution in [-0.4, -0.2) is 22.7 Å². The molecule has 0 aliphatic rings. The quantitative estimate of drug-likeness (QED) is 0.659. The number of anilines is 1. The van der Waals surface area contributed by atoms with Crippen LogP contribution in [0.3, 0.4) is 0 Å². The number of ether oxygens (including phenoxy) is 1. The van der Waals surface area contributed by atoms with E-state index in [1.807, 2.05) is 6.92 Å². The Kier molecular flexibility index (Phi) is 3.85. The number of hydrogen-bond acceptors (Lipinski definition) is 4. The molecule has 0 fully saturated rings. The Labute approximate surface area is 112 Å². The van der Waals surface area contributed by atoms with E-state index in [9.17, 15) is 4.79 Å². The van der Waals surface area contributed by atoms with Crippen molar-refractivity contribution in [2.24, 2.45) is 0 Å². The van der Waals surface area contributed by atoms with Gasteiger partial charge in [-0.05, 0) is 24.6 Å². The number of ketones is 1. The highest BCUT2D eigenvalue weighted by atomic mass is 16.5. The topological polar surface area (TPSA) is 70.1 Å². The summed E-state index contributed by atoms with van der Waals surface area (Å²) in [5.41, 5.74) is 7.33. The van der Waals surface area contributed by atoms with Crippen molar-refractivity contribution in [2.75, 3.05) is 12.8 Å². The Morgan fingerprint density at radius 1 is 1.42 bits per heavy atom. The van der Waals surface area contributed by atoms with Gasteiger partial charge in [-0.1, -0.05) is 6.92 Å². The number of aryl methyl sites for hydroxylation is 1. The van der Waals surface area contributed by atoms with Crippen molar-refractivity contribution >= 4 is 11.5 Å². The molecule has 0 aliphatic heterocycles. The van der Waals surface area contributed by atoms with Crippen LogP contribution in [0.5, 0.6) is 5.75 Å². The molecule has 19 heavy (non-hydrogen) atoms. The summed E-state index contributed by atoms with van der Waals surface area (Å²) in [4.78, 5) is 12.4. The van der Waals surface area contributed by atoms with Gasteiger partial charge in [-0.3, -0.25) is 9.48 Å². The van der Waals surface area contributed by atoms with Gasteiger partial charge in [-0.2, -0.15) is 5.10 Å². The Bertz CT molecular complexity index is 590. The fourth-order valence-corrected chi connectivity index (χ4v) is 1.93. The smallest absolute Gasteiger partial charge is 0.213 e. The minimum atomic E-state index is -0.119. The predicted molar refractivity (Wildman–Crippen MR) is 73.4 cm³/mol. The second kappa shape index (κ2) is 5.56. The van der Waals surface area contributed by atoms with Crippen LogP contribution in [0.4, 0.5) is 5.69 Å². The molecule has 0 unspecified atom stereocenters. The van der Waals surface area contributed by atoms with Crippen LogP contribution in [0.15, 0.2) is 30.5 Å². The lowest BCUT2D eigenvalue weighted by Gasteiger charge is -2.08. The van der Waals surface area contributed by atoms with E-state index in [1.54, 1.807) is 42.3 Å². The normalized spacial score (nSPS) is 10.4. The van der Waals surface area contributed by atoms with Crippen molar-refractivity contribution < 1.29 is 9.53 Å². The molecule has 0 saturated carbocycles. The van der Waals surface area contributed by atoms with Gasteiger partial charge in [-0.15, -0.1) is 0 Å². The Hall–Kier alpha value is -2.30. The van der Waals surface area contributed by atoms with Crippen LogP contribution in [0.25, 0.3) is 0 Å². The van der Waals surface area contributed by atoms with E-state index >= 15 is 0 Å². The minimum absolute atomic E-state index is 0.119. The molecule has 5 nitrogen and oxygen atoms in total. The number of nitrogens with two attached hydrogens (primary N) is 1. The van der Waals surface area contributed by atoms with Gasteiger partial charge in [0.2, 0.25) is 5.78 Å². The van der Waals surface area contributed by atoms with Crippen molar-refractivity contribution in [3.8, 4) is 5.75 Å². The minimum Gasteiger partial charge on any atom is -0.497 e. The number of nitrogen functional groups attached to an aromatic ring is 1. The zero-order valence-corrected chi connectivity index (χ0v) is 11.1. The first-order valence-corrected chi connectivity index (χ1v) is 6.17. The number of carbonyl (C=O) groups excluding carboxylic acids is 1. The molecule has 0 radical (unpaired) electrons. The molecular formula is C14H17N3O2. The Balaban J connectivity index is 2.36. The molecule has 0 amide bonds. The standard InChI is InChI=1S/C14H17N3O2/c1-3-8-17-13(6-7-16-17)14(18)11-5-4-10(19-2)9-12(11)15/h4-7,9H,3,8,15H2,1-2H3. The number of rotatable bonds is 5. The average molecular weight is 259 g/mol. The van der Waals surface area contributed by atoms with Gasteiger partial charge >= 0.3 is 0 Å². The summed E-state index contributed by atoms with van der Waals surface area (Å²) in [6.45, 7) is 2.75. The highest BCUT2D eigenvalue weighted by Gasteiger charge is 2.16. The highest BCUT2D eigenvalue weighted by molar-refractivity contribution is 6.11. The molecule has 1 aromatic carbocycles.